The maximum absolute atomic E-state index is 6.20. The van der Waals surface area contributed by atoms with E-state index >= 15 is 0 Å². The topological polar surface area (TPSA) is 37.8 Å². The molecule has 0 aliphatic carbocycles. The molecule has 0 amide bonds. The number of benzene rings is 2. The molecule has 0 aliphatic heterocycles. The lowest BCUT2D eigenvalue weighted by Crippen LogP contribution is -2.01. The number of aromatic nitrogens is 2. The van der Waals surface area contributed by atoms with Crippen molar-refractivity contribution in [1.29, 1.82) is 0 Å². The molecule has 0 bridgehead atoms. The maximum Gasteiger partial charge on any atom is 0.138 e. The zero-order valence-electron chi connectivity index (χ0n) is 11.8. The summed E-state index contributed by atoms with van der Waals surface area (Å²) in [6, 6.07) is 14.4. The third-order valence-corrected chi connectivity index (χ3v) is 3.76. The average molecular weight is 298 g/mol. The summed E-state index contributed by atoms with van der Waals surface area (Å²) in [7, 11) is 0. The second-order valence-corrected chi connectivity index (χ2v) is 5.25. The number of hydrogen-bond donors (Lipinski definition) is 1. The first-order valence-corrected chi connectivity index (χ1v) is 7.41. The van der Waals surface area contributed by atoms with Crippen LogP contribution >= 0.6 is 11.6 Å². The molecule has 1 heterocycles. The molecule has 3 nitrogen and oxygen atoms in total. The second-order valence-electron chi connectivity index (χ2n) is 4.89. The van der Waals surface area contributed by atoms with Gasteiger partial charge in [0, 0.05) is 16.6 Å². The predicted molar refractivity (Wildman–Crippen MR) is 88.3 cm³/mol. The van der Waals surface area contributed by atoms with Crippen molar-refractivity contribution in [2.24, 2.45) is 0 Å². The van der Waals surface area contributed by atoms with Gasteiger partial charge in [0.2, 0.25) is 0 Å². The minimum Gasteiger partial charge on any atom is -0.339 e. The Morgan fingerprint density at radius 1 is 1.05 bits per heavy atom. The van der Waals surface area contributed by atoms with Gasteiger partial charge in [-0.3, -0.25) is 0 Å². The summed E-state index contributed by atoms with van der Waals surface area (Å²) in [5, 5.41) is 6.29. The van der Waals surface area contributed by atoms with Crippen LogP contribution in [0.3, 0.4) is 0 Å². The van der Waals surface area contributed by atoms with Crippen LogP contribution in [0.4, 0.5) is 11.5 Å². The highest BCUT2D eigenvalue weighted by molar-refractivity contribution is 6.30. The zero-order valence-corrected chi connectivity index (χ0v) is 12.6. The average Bonchev–Trinajstić information content (AvgIpc) is 2.51. The van der Waals surface area contributed by atoms with Crippen LogP contribution in [0, 0.1) is 0 Å². The van der Waals surface area contributed by atoms with E-state index in [1.165, 1.54) is 11.7 Å². The van der Waals surface area contributed by atoms with E-state index in [1.54, 1.807) is 0 Å². The van der Waals surface area contributed by atoms with Gasteiger partial charge in [-0.25, -0.2) is 9.97 Å². The first-order valence-electron chi connectivity index (χ1n) is 7.03. The van der Waals surface area contributed by atoms with Crippen LogP contribution in [0.25, 0.3) is 10.8 Å². The molecule has 0 unspecified atom stereocenters. The monoisotopic (exact) mass is 297 g/mol. The van der Waals surface area contributed by atoms with Gasteiger partial charge in [0.05, 0.1) is 0 Å². The van der Waals surface area contributed by atoms with Gasteiger partial charge in [-0.15, -0.1) is 0 Å². The first-order chi connectivity index (χ1) is 10.3. The Labute approximate surface area is 129 Å². The summed E-state index contributed by atoms with van der Waals surface area (Å²) in [6.45, 7) is 2.12. The van der Waals surface area contributed by atoms with E-state index in [4.69, 9.17) is 11.6 Å². The number of rotatable bonds is 4. The summed E-state index contributed by atoms with van der Waals surface area (Å²) >= 11 is 6.20. The Kier molecular flexibility index (Phi) is 4.02. The largest absolute Gasteiger partial charge is 0.339 e. The molecule has 4 heteroatoms. The molecule has 2 aromatic carbocycles. The fraction of sp³-hybridized carbons (Fsp3) is 0.176. The molecule has 0 atom stereocenters. The highest BCUT2D eigenvalue weighted by Crippen LogP contribution is 2.29. The number of anilines is 2. The van der Waals surface area contributed by atoms with Crippen molar-refractivity contribution in [3.8, 4) is 0 Å². The van der Waals surface area contributed by atoms with Crippen molar-refractivity contribution in [3.05, 3.63) is 59.5 Å². The van der Waals surface area contributed by atoms with E-state index in [-0.39, 0.29) is 0 Å². The number of hydrogen-bond acceptors (Lipinski definition) is 3. The molecule has 0 spiro atoms. The lowest BCUT2D eigenvalue weighted by Gasteiger charge is -2.13. The van der Waals surface area contributed by atoms with Crippen LogP contribution in [0.15, 0.2) is 48.8 Å². The standard InChI is InChI=1S/C17H16ClN3/c1-2-6-14-16(18)19-11-20-17(14)21-15-10-5-8-12-7-3-4-9-13(12)15/h3-5,7-11H,2,6H2,1H3,(H,19,20,21). The molecule has 1 N–H and O–H groups in total. The predicted octanol–water partition coefficient (Wildman–Crippen LogP) is 4.98. The van der Waals surface area contributed by atoms with Gasteiger partial charge in [0.15, 0.2) is 0 Å². The quantitative estimate of drug-likeness (QED) is 0.690. The Morgan fingerprint density at radius 3 is 2.71 bits per heavy atom. The Balaban J connectivity index is 2.05. The smallest absolute Gasteiger partial charge is 0.138 e. The van der Waals surface area contributed by atoms with Gasteiger partial charge >= 0.3 is 0 Å². The zero-order chi connectivity index (χ0) is 14.7. The number of nitrogens with one attached hydrogen (secondary N) is 1. The SMILES string of the molecule is CCCc1c(Cl)ncnc1Nc1cccc2ccccc12. The second kappa shape index (κ2) is 6.10. The van der Waals surface area contributed by atoms with Crippen LogP contribution < -0.4 is 5.32 Å². The van der Waals surface area contributed by atoms with Gasteiger partial charge in [-0.2, -0.15) is 0 Å². The molecular weight excluding hydrogens is 282 g/mol. The van der Waals surface area contributed by atoms with E-state index in [0.29, 0.717) is 5.15 Å². The van der Waals surface area contributed by atoms with Crippen LogP contribution in [0.5, 0.6) is 0 Å². The van der Waals surface area contributed by atoms with Crippen LogP contribution in [0.2, 0.25) is 5.15 Å². The third-order valence-electron chi connectivity index (χ3n) is 3.44. The van der Waals surface area contributed by atoms with Crippen LogP contribution in [0.1, 0.15) is 18.9 Å². The maximum atomic E-state index is 6.20. The summed E-state index contributed by atoms with van der Waals surface area (Å²) in [4.78, 5) is 8.43. The van der Waals surface area contributed by atoms with E-state index in [2.05, 4.69) is 40.4 Å². The highest BCUT2D eigenvalue weighted by atomic mass is 35.5. The van der Waals surface area contributed by atoms with Gasteiger partial charge < -0.3 is 5.32 Å². The molecule has 0 saturated carbocycles. The summed E-state index contributed by atoms with van der Waals surface area (Å²) in [5.74, 6) is 0.785. The fourth-order valence-corrected chi connectivity index (χ4v) is 2.66. The molecule has 0 aliphatic rings. The summed E-state index contributed by atoms with van der Waals surface area (Å²) in [6.07, 6.45) is 3.35. The van der Waals surface area contributed by atoms with Crippen molar-refractivity contribution < 1.29 is 0 Å². The van der Waals surface area contributed by atoms with Crippen molar-refractivity contribution in [3.63, 3.8) is 0 Å². The van der Waals surface area contributed by atoms with E-state index in [1.807, 2.05) is 24.3 Å². The summed E-state index contributed by atoms with van der Waals surface area (Å²) in [5.41, 5.74) is 2.00. The highest BCUT2D eigenvalue weighted by Gasteiger charge is 2.10. The van der Waals surface area contributed by atoms with Gasteiger partial charge in [-0.05, 0) is 17.9 Å². The molecule has 21 heavy (non-hydrogen) atoms. The minimum absolute atomic E-state index is 0.523. The fourth-order valence-electron chi connectivity index (χ4n) is 2.43. The normalized spacial score (nSPS) is 10.8. The Morgan fingerprint density at radius 2 is 1.86 bits per heavy atom. The molecular formula is C17H16ClN3. The van der Waals surface area contributed by atoms with E-state index < -0.39 is 0 Å². The van der Waals surface area contributed by atoms with Crippen molar-refractivity contribution in [2.45, 2.75) is 19.8 Å². The summed E-state index contributed by atoms with van der Waals surface area (Å²) < 4.78 is 0. The van der Waals surface area contributed by atoms with E-state index in [0.717, 1.165) is 35.3 Å². The molecule has 3 rings (SSSR count). The lowest BCUT2D eigenvalue weighted by atomic mass is 10.1. The first kappa shape index (κ1) is 13.8. The molecule has 3 aromatic rings. The molecule has 106 valence electrons. The van der Waals surface area contributed by atoms with Crippen LogP contribution in [-0.2, 0) is 6.42 Å². The van der Waals surface area contributed by atoms with Gasteiger partial charge in [0.25, 0.3) is 0 Å². The number of nitrogens with zero attached hydrogens (tertiary/aromatic N) is 2. The Hall–Kier alpha value is -2.13. The molecule has 0 saturated heterocycles. The van der Waals surface area contributed by atoms with Gasteiger partial charge in [0.1, 0.15) is 17.3 Å². The Bertz CT molecular complexity index is 766. The minimum atomic E-state index is 0.523. The van der Waals surface area contributed by atoms with Crippen molar-refractivity contribution >= 4 is 33.9 Å². The van der Waals surface area contributed by atoms with Crippen molar-refractivity contribution in [2.75, 3.05) is 5.32 Å². The third kappa shape index (κ3) is 2.83. The van der Waals surface area contributed by atoms with Gasteiger partial charge in [-0.1, -0.05) is 61.3 Å². The number of fused-ring (bicyclic) bond motifs is 1. The lowest BCUT2D eigenvalue weighted by molar-refractivity contribution is 0.904. The van der Waals surface area contributed by atoms with Crippen molar-refractivity contribution in [1.82, 2.24) is 9.97 Å². The molecule has 1 aromatic heterocycles. The molecule has 0 radical (unpaired) electrons. The van der Waals surface area contributed by atoms with E-state index in [9.17, 15) is 0 Å². The number of halogens is 1. The van der Waals surface area contributed by atoms with Crippen LogP contribution in [-0.4, -0.2) is 9.97 Å². The molecule has 0 fully saturated rings.